The topological polar surface area (TPSA) is 80.0 Å². The maximum Gasteiger partial charge on any atom is 0.332 e. The Kier molecular flexibility index (Phi) is 3.99. The molecule has 1 spiro atoms. The Balaban J connectivity index is 1.58. The lowest BCUT2D eigenvalue weighted by Crippen LogP contribution is -2.35. The van der Waals surface area contributed by atoms with Crippen LogP contribution in [0, 0.1) is 0 Å². The van der Waals surface area contributed by atoms with Crippen LogP contribution >= 0.6 is 0 Å². The van der Waals surface area contributed by atoms with Crippen molar-refractivity contribution >= 4 is 5.97 Å². The fourth-order valence-electron chi connectivity index (χ4n) is 3.50. The number of esters is 1. The summed E-state index contributed by atoms with van der Waals surface area (Å²) in [6.07, 6.45) is 4.32. The molecule has 0 unspecified atom stereocenters. The maximum absolute atomic E-state index is 11.4. The fourth-order valence-corrected chi connectivity index (χ4v) is 3.50. The van der Waals surface area contributed by atoms with E-state index in [1.165, 1.54) is 0 Å². The first kappa shape index (κ1) is 14.3. The van der Waals surface area contributed by atoms with Crippen molar-refractivity contribution in [1.29, 1.82) is 0 Å². The molecule has 3 rings (SSSR count). The highest BCUT2D eigenvalue weighted by atomic mass is 16.8. The molecule has 0 bridgehead atoms. The number of hydrogen-bond donors (Lipinski definition) is 1. The van der Waals surface area contributed by atoms with Crippen LogP contribution in [0.5, 0.6) is 0 Å². The Hall–Kier alpha value is -0.690. The molecular weight excluding hydrogens is 262 g/mol. The first-order valence-corrected chi connectivity index (χ1v) is 7.52. The van der Waals surface area contributed by atoms with E-state index in [4.69, 9.17) is 24.7 Å². The molecule has 0 amide bonds. The Bertz CT molecular complexity index is 369. The van der Waals surface area contributed by atoms with Gasteiger partial charge in [-0.3, -0.25) is 0 Å². The number of carbonyl (C=O) groups is 1. The number of rotatable bonds is 4. The Morgan fingerprint density at radius 3 is 2.70 bits per heavy atom. The van der Waals surface area contributed by atoms with Gasteiger partial charge in [-0.15, -0.1) is 0 Å². The Morgan fingerprint density at radius 2 is 2.00 bits per heavy atom. The van der Waals surface area contributed by atoms with Crippen LogP contribution in [0.25, 0.3) is 0 Å². The molecule has 1 heterocycles. The van der Waals surface area contributed by atoms with E-state index in [-0.39, 0.29) is 36.9 Å². The maximum atomic E-state index is 11.4. The minimum absolute atomic E-state index is 0.0508. The minimum atomic E-state index is -0.446. The molecule has 6 nitrogen and oxygen atoms in total. The van der Waals surface area contributed by atoms with E-state index in [1.54, 1.807) is 6.92 Å². The summed E-state index contributed by atoms with van der Waals surface area (Å²) < 4.78 is 22.7. The highest BCUT2D eigenvalue weighted by Gasteiger charge is 2.57. The zero-order valence-electron chi connectivity index (χ0n) is 11.9. The highest BCUT2D eigenvalue weighted by molar-refractivity contribution is 5.70. The molecule has 114 valence electrons. The van der Waals surface area contributed by atoms with Crippen LogP contribution in [0.15, 0.2) is 0 Å². The van der Waals surface area contributed by atoms with Gasteiger partial charge in [0.2, 0.25) is 0 Å². The molecule has 4 atom stereocenters. The van der Waals surface area contributed by atoms with Crippen molar-refractivity contribution in [3.63, 3.8) is 0 Å². The predicted molar refractivity (Wildman–Crippen MR) is 69.9 cm³/mol. The van der Waals surface area contributed by atoms with Crippen LogP contribution in [-0.2, 0) is 23.7 Å². The number of hydrogen-bond acceptors (Lipinski definition) is 6. The van der Waals surface area contributed by atoms with Crippen LogP contribution in [-0.4, -0.2) is 49.3 Å². The smallest absolute Gasteiger partial charge is 0.332 e. The summed E-state index contributed by atoms with van der Waals surface area (Å²) in [5, 5.41) is 0. The zero-order valence-corrected chi connectivity index (χ0v) is 11.9. The van der Waals surface area contributed by atoms with Crippen molar-refractivity contribution in [3.05, 3.63) is 0 Å². The summed E-state index contributed by atoms with van der Waals surface area (Å²) in [4.78, 5) is 11.4. The van der Waals surface area contributed by atoms with Crippen molar-refractivity contribution in [3.8, 4) is 0 Å². The summed E-state index contributed by atoms with van der Waals surface area (Å²) in [5.74, 6) is -0.794. The lowest BCUT2D eigenvalue weighted by atomic mass is 10.2. The monoisotopic (exact) mass is 285 g/mol. The fraction of sp³-hybridized carbons (Fsp3) is 0.929. The molecule has 6 heteroatoms. The van der Waals surface area contributed by atoms with Crippen LogP contribution in [0.4, 0.5) is 0 Å². The number of ether oxygens (including phenoxy) is 4. The van der Waals surface area contributed by atoms with E-state index in [1.807, 2.05) is 0 Å². The molecule has 1 aliphatic heterocycles. The highest BCUT2D eigenvalue weighted by Crippen LogP contribution is 2.46. The standard InChI is InChI=1S/C14H23NO5/c1-2-17-11(16)8-18-10-7-9(15)12-13(10)20-14(19-12)5-3-4-6-14/h9-10,12-13H,2-8,15H2,1H3/t9-,10+,12+,13-/m0/s1. The number of carbonyl (C=O) groups excluding carboxylic acids is 1. The summed E-state index contributed by atoms with van der Waals surface area (Å²) in [6.45, 7) is 2.09. The molecule has 0 aromatic rings. The van der Waals surface area contributed by atoms with E-state index >= 15 is 0 Å². The third-order valence-corrected chi connectivity index (χ3v) is 4.40. The molecule has 3 aliphatic rings. The van der Waals surface area contributed by atoms with Gasteiger partial charge < -0.3 is 24.7 Å². The first-order chi connectivity index (χ1) is 9.63. The number of nitrogens with two attached hydrogens (primary N) is 1. The van der Waals surface area contributed by atoms with Gasteiger partial charge in [-0.2, -0.15) is 0 Å². The van der Waals surface area contributed by atoms with Crippen LogP contribution in [0.2, 0.25) is 0 Å². The predicted octanol–water partition coefficient (Wildman–Crippen LogP) is 0.720. The van der Waals surface area contributed by atoms with E-state index in [2.05, 4.69) is 0 Å². The molecular formula is C14H23NO5. The average Bonchev–Trinajstić information content (AvgIpc) is 3.08. The normalized spacial score (nSPS) is 38.3. The zero-order chi connectivity index (χ0) is 14.2. The van der Waals surface area contributed by atoms with Gasteiger partial charge in [0.25, 0.3) is 0 Å². The summed E-state index contributed by atoms with van der Waals surface area (Å²) in [5.41, 5.74) is 6.13. The van der Waals surface area contributed by atoms with Gasteiger partial charge in [-0.05, 0) is 26.2 Å². The van der Waals surface area contributed by atoms with Crippen LogP contribution in [0.3, 0.4) is 0 Å². The second-order valence-electron chi connectivity index (χ2n) is 5.84. The van der Waals surface area contributed by atoms with Gasteiger partial charge in [0.15, 0.2) is 5.79 Å². The van der Waals surface area contributed by atoms with Gasteiger partial charge in [0, 0.05) is 18.9 Å². The lowest BCUT2D eigenvalue weighted by molar-refractivity contribution is -0.189. The Labute approximate surface area is 118 Å². The molecule has 2 N–H and O–H groups in total. The van der Waals surface area contributed by atoms with Crippen LogP contribution < -0.4 is 5.73 Å². The lowest BCUT2D eigenvalue weighted by Gasteiger charge is -2.25. The van der Waals surface area contributed by atoms with Crippen LogP contribution in [0.1, 0.15) is 39.0 Å². The van der Waals surface area contributed by atoms with E-state index in [0.29, 0.717) is 13.0 Å². The third kappa shape index (κ3) is 2.57. The molecule has 20 heavy (non-hydrogen) atoms. The molecule has 2 saturated carbocycles. The quantitative estimate of drug-likeness (QED) is 0.767. The van der Waals surface area contributed by atoms with Gasteiger partial charge in [0.05, 0.1) is 12.7 Å². The second-order valence-corrected chi connectivity index (χ2v) is 5.84. The van der Waals surface area contributed by atoms with E-state index in [9.17, 15) is 4.79 Å². The van der Waals surface area contributed by atoms with Gasteiger partial charge in [-0.25, -0.2) is 4.79 Å². The van der Waals surface area contributed by atoms with E-state index < -0.39 is 5.79 Å². The van der Waals surface area contributed by atoms with Crippen molar-refractivity contribution in [2.24, 2.45) is 5.73 Å². The SMILES string of the molecule is CCOC(=O)CO[C@@H]1C[C@H](N)[C@H]2OC3(CCCC3)O[C@H]21. The number of fused-ring (bicyclic) bond motifs is 1. The van der Waals surface area contributed by atoms with Gasteiger partial charge in [-0.1, -0.05) is 0 Å². The molecule has 0 aromatic heterocycles. The molecule has 3 fully saturated rings. The second kappa shape index (κ2) is 5.60. The largest absolute Gasteiger partial charge is 0.464 e. The third-order valence-electron chi connectivity index (χ3n) is 4.40. The van der Waals surface area contributed by atoms with Gasteiger partial charge >= 0.3 is 5.97 Å². The Morgan fingerprint density at radius 1 is 1.30 bits per heavy atom. The summed E-state index contributed by atoms with van der Waals surface area (Å²) >= 11 is 0. The van der Waals surface area contributed by atoms with Crippen molar-refractivity contribution < 1.29 is 23.7 Å². The molecule has 0 aromatic carbocycles. The van der Waals surface area contributed by atoms with E-state index in [0.717, 1.165) is 25.7 Å². The molecule has 0 radical (unpaired) electrons. The average molecular weight is 285 g/mol. The molecule has 1 saturated heterocycles. The summed E-state index contributed by atoms with van der Waals surface area (Å²) in [6, 6.07) is -0.0906. The molecule has 2 aliphatic carbocycles. The van der Waals surface area contributed by atoms with Gasteiger partial charge in [0.1, 0.15) is 18.8 Å². The van der Waals surface area contributed by atoms with Crippen molar-refractivity contribution in [1.82, 2.24) is 0 Å². The van der Waals surface area contributed by atoms with Crippen molar-refractivity contribution in [2.45, 2.75) is 69.2 Å². The minimum Gasteiger partial charge on any atom is -0.464 e. The summed E-state index contributed by atoms with van der Waals surface area (Å²) in [7, 11) is 0. The van der Waals surface area contributed by atoms with Crippen molar-refractivity contribution in [2.75, 3.05) is 13.2 Å². The first-order valence-electron chi connectivity index (χ1n) is 7.52.